The molecule has 0 saturated carbocycles. The minimum Gasteiger partial charge on any atom is -0.390 e. The molecule has 3 aliphatic rings. The molecular weight excluding hydrogens is 519 g/mol. The van der Waals surface area contributed by atoms with E-state index in [0.29, 0.717) is 18.9 Å². The molecular formula is C25H26F3N7O2S. The van der Waals surface area contributed by atoms with Crippen LogP contribution in [0.4, 0.5) is 24.1 Å². The minimum atomic E-state index is -3.33. The van der Waals surface area contributed by atoms with Gasteiger partial charge in [0.25, 0.3) is 5.91 Å². The summed E-state index contributed by atoms with van der Waals surface area (Å²) in [7, 11) is 0. The van der Waals surface area contributed by atoms with E-state index in [1.807, 2.05) is 4.90 Å². The fraction of sp³-hybridized carbons (Fsp3) is 0.440. The van der Waals surface area contributed by atoms with E-state index in [9.17, 15) is 23.1 Å². The van der Waals surface area contributed by atoms with Crippen LogP contribution in [-0.2, 0) is 25.5 Å². The Balaban J connectivity index is 1.19. The van der Waals surface area contributed by atoms with Gasteiger partial charge in [-0.2, -0.15) is 8.78 Å². The lowest BCUT2D eigenvalue weighted by Crippen LogP contribution is -2.45. The number of alkyl halides is 2. The number of rotatable bonds is 3. The summed E-state index contributed by atoms with van der Waals surface area (Å²) in [4.78, 5) is 28.8. The van der Waals surface area contributed by atoms with Crippen LogP contribution in [0.2, 0.25) is 0 Å². The van der Waals surface area contributed by atoms with Gasteiger partial charge < -0.3 is 26.4 Å². The summed E-state index contributed by atoms with van der Waals surface area (Å²) in [5.74, 6) is -3.90. The topological polar surface area (TPSA) is 134 Å². The summed E-state index contributed by atoms with van der Waals surface area (Å²) in [6, 6.07) is 4.52. The molecule has 2 aromatic heterocycles. The van der Waals surface area contributed by atoms with Crippen LogP contribution in [0.5, 0.6) is 0 Å². The van der Waals surface area contributed by atoms with E-state index in [2.05, 4.69) is 15.0 Å². The predicted molar refractivity (Wildman–Crippen MR) is 134 cm³/mol. The lowest BCUT2D eigenvalue weighted by Gasteiger charge is -2.42. The Hall–Kier alpha value is -3.29. The monoisotopic (exact) mass is 545 g/mol. The number of piperidine rings is 1. The number of aromatic nitrogens is 3. The lowest BCUT2D eigenvalue weighted by molar-refractivity contribution is -0.0479. The van der Waals surface area contributed by atoms with Gasteiger partial charge in [-0.05, 0) is 47.9 Å². The normalized spacial score (nSPS) is 21.4. The smallest absolute Gasteiger partial charge is 0.308 e. The number of hydrogen-bond acceptors (Lipinski definition) is 9. The first-order valence-electron chi connectivity index (χ1n) is 12.3. The first-order valence-corrected chi connectivity index (χ1v) is 13.1. The van der Waals surface area contributed by atoms with Crippen molar-refractivity contribution >= 4 is 28.2 Å². The van der Waals surface area contributed by atoms with Crippen molar-refractivity contribution in [1.29, 1.82) is 0 Å². The van der Waals surface area contributed by atoms with Crippen molar-refractivity contribution in [2.45, 2.75) is 44.4 Å². The number of carbonyl (C=O) groups excluding carboxylic acids is 1. The molecule has 1 amide bonds. The average molecular weight is 546 g/mol. The highest BCUT2D eigenvalue weighted by Gasteiger charge is 2.47. The number of nitrogens with zero attached hydrogens (tertiary/aromatic N) is 5. The quantitative estimate of drug-likeness (QED) is 0.458. The molecule has 1 aromatic carbocycles. The standard InChI is InChI=1S/C25H26F3N7O2S/c26-14-2-1-13-8-24(19(29)15(13)7-14)3-5-34(6-4-24)21-17(11-36)32-16(9-31-21)22(37)35-10-18-20(25(27,28)12-35)33-23(30)38-18/h1-2,7,9,19,36H,3-6,8,10-12,29H2,(H2,30,33). The zero-order valence-corrected chi connectivity index (χ0v) is 21.1. The van der Waals surface area contributed by atoms with E-state index in [-0.39, 0.29) is 50.9 Å². The van der Waals surface area contributed by atoms with Crippen molar-refractivity contribution in [3.05, 3.63) is 63.3 Å². The van der Waals surface area contributed by atoms with E-state index in [0.717, 1.165) is 46.6 Å². The van der Waals surface area contributed by atoms with Gasteiger partial charge in [0, 0.05) is 19.1 Å². The van der Waals surface area contributed by atoms with Gasteiger partial charge >= 0.3 is 5.92 Å². The van der Waals surface area contributed by atoms with Gasteiger partial charge in [0.15, 0.2) is 10.9 Å². The third-order valence-electron chi connectivity index (χ3n) is 7.97. The van der Waals surface area contributed by atoms with Crippen molar-refractivity contribution in [2.75, 3.05) is 30.3 Å². The molecule has 1 saturated heterocycles. The number of amides is 1. The third-order valence-corrected chi connectivity index (χ3v) is 8.84. The molecule has 3 aromatic rings. The van der Waals surface area contributed by atoms with Crippen LogP contribution in [0.25, 0.3) is 0 Å². The molecule has 13 heteroatoms. The van der Waals surface area contributed by atoms with Gasteiger partial charge in [0.05, 0.1) is 30.8 Å². The van der Waals surface area contributed by atoms with Crippen LogP contribution < -0.4 is 16.4 Å². The van der Waals surface area contributed by atoms with E-state index in [1.54, 1.807) is 6.07 Å². The number of carbonyl (C=O) groups is 1. The van der Waals surface area contributed by atoms with E-state index >= 15 is 0 Å². The van der Waals surface area contributed by atoms with Crippen LogP contribution in [0.1, 0.15) is 56.8 Å². The zero-order valence-electron chi connectivity index (χ0n) is 20.3. The maximum atomic E-state index is 14.6. The van der Waals surface area contributed by atoms with Gasteiger partial charge in [0.1, 0.15) is 22.9 Å². The van der Waals surface area contributed by atoms with E-state index < -0.39 is 25.0 Å². The maximum absolute atomic E-state index is 14.6. The molecule has 1 atom stereocenters. The Labute approximate surface area is 220 Å². The molecule has 200 valence electrons. The molecule has 1 unspecified atom stereocenters. The van der Waals surface area contributed by atoms with Crippen LogP contribution in [0.3, 0.4) is 0 Å². The number of anilines is 2. The molecule has 2 aliphatic heterocycles. The van der Waals surface area contributed by atoms with Crippen LogP contribution in [0, 0.1) is 11.2 Å². The first-order chi connectivity index (χ1) is 18.1. The molecule has 1 aliphatic carbocycles. The highest BCUT2D eigenvalue weighted by Crippen LogP contribution is 2.51. The Bertz CT molecular complexity index is 1420. The summed E-state index contributed by atoms with van der Waals surface area (Å²) >= 11 is 0.925. The van der Waals surface area contributed by atoms with Crippen molar-refractivity contribution in [1.82, 2.24) is 19.9 Å². The highest BCUT2D eigenvalue weighted by atomic mass is 32.1. The van der Waals surface area contributed by atoms with E-state index in [4.69, 9.17) is 11.5 Å². The summed E-state index contributed by atoms with van der Waals surface area (Å²) in [6.07, 6.45) is 3.51. The largest absolute Gasteiger partial charge is 0.390 e. The third kappa shape index (κ3) is 4.00. The van der Waals surface area contributed by atoms with Crippen LogP contribution in [0.15, 0.2) is 24.4 Å². The second-order valence-corrected chi connectivity index (χ2v) is 11.3. The number of thiazole rings is 1. The van der Waals surface area contributed by atoms with Gasteiger partial charge in [0.2, 0.25) is 0 Å². The average Bonchev–Trinajstić information content (AvgIpc) is 3.41. The number of aliphatic hydroxyl groups is 1. The fourth-order valence-corrected chi connectivity index (χ4v) is 6.90. The van der Waals surface area contributed by atoms with Crippen LogP contribution in [-0.4, -0.2) is 50.5 Å². The molecule has 1 fully saturated rings. The minimum absolute atomic E-state index is 0.0219. The number of nitrogen functional groups attached to an aromatic ring is 1. The van der Waals surface area contributed by atoms with Crippen molar-refractivity contribution in [3.8, 4) is 0 Å². The Morgan fingerprint density at radius 2 is 2.00 bits per heavy atom. The summed E-state index contributed by atoms with van der Waals surface area (Å²) in [5.41, 5.74) is 13.6. The Morgan fingerprint density at radius 3 is 2.74 bits per heavy atom. The molecule has 38 heavy (non-hydrogen) atoms. The zero-order chi connectivity index (χ0) is 26.8. The number of halogens is 3. The van der Waals surface area contributed by atoms with E-state index in [1.165, 1.54) is 18.3 Å². The maximum Gasteiger partial charge on any atom is 0.308 e. The van der Waals surface area contributed by atoms with Crippen molar-refractivity contribution < 1.29 is 23.1 Å². The molecule has 9 nitrogen and oxygen atoms in total. The number of nitrogens with two attached hydrogens (primary N) is 2. The fourth-order valence-electron chi connectivity index (χ4n) is 5.99. The van der Waals surface area contributed by atoms with Crippen LogP contribution >= 0.6 is 11.3 Å². The van der Waals surface area contributed by atoms with Crippen molar-refractivity contribution in [3.63, 3.8) is 0 Å². The lowest BCUT2D eigenvalue weighted by atomic mass is 9.73. The second-order valence-electron chi connectivity index (χ2n) is 10.2. The SMILES string of the molecule is Nc1nc2c(s1)CN(C(=O)c1cnc(N3CCC4(CC3)Cc3ccc(F)cc3C4N)c(CO)n1)CC2(F)F. The number of aliphatic hydroxyl groups excluding tert-OH is 1. The highest BCUT2D eigenvalue weighted by molar-refractivity contribution is 7.15. The molecule has 0 bridgehead atoms. The van der Waals surface area contributed by atoms with Gasteiger partial charge in [-0.1, -0.05) is 17.4 Å². The van der Waals surface area contributed by atoms with Gasteiger partial charge in [-0.25, -0.2) is 19.3 Å². The molecule has 6 rings (SSSR count). The van der Waals surface area contributed by atoms with Gasteiger partial charge in [-0.3, -0.25) is 4.79 Å². The number of hydrogen-bond donors (Lipinski definition) is 3. The molecule has 4 heterocycles. The summed E-state index contributed by atoms with van der Waals surface area (Å²) in [6.45, 7) is -0.195. The number of fused-ring (bicyclic) bond motifs is 2. The predicted octanol–water partition coefficient (Wildman–Crippen LogP) is 2.74. The van der Waals surface area contributed by atoms with Gasteiger partial charge in [-0.15, -0.1) is 0 Å². The number of benzene rings is 1. The summed E-state index contributed by atoms with van der Waals surface area (Å²) in [5, 5.41) is 10.0. The van der Waals surface area contributed by atoms with Crippen molar-refractivity contribution in [2.24, 2.45) is 11.1 Å². The Morgan fingerprint density at radius 1 is 1.24 bits per heavy atom. The summed E-state index contributed by atoms with van der Waals surface area (Å²) < 4.78 is 43.1. The molecule has 5 N–H and O–H groups in total. The first kappa shape index (κ1) is 25.0. The second kappa shape index (κ2) is 8.89. The molecule has 0 radical (unpaired) electrons. The Kier molecular flexibility index (Phi) is 5.85. The molecule has 1 spiro atoms.